The lowest BCUT2D eigenvalue weighted by Crippen LogP contribution is -2.59. The molecule has 16 heavy (non-hydrogen) atoms. The van der Waals surface area contributed by atoms with E-state index in [0.29, 0.717) is 6.42 Å². The van der Waals surface area contributed by atoms with E-state index in [0.717, 1.165) is 19.4 Å². The minimum Gasteiger partial charge on any atom is -0.335 e. The Hall–Kier alpha value is -1.06. The Morgan fingerprint density at radius 3 is 2.69 bits per heavy atom. The molecule has 0 saturated carbocycles. The number of nitrogens with one attached hydrogen (secondary N) is 1. The average Bonchev–Trinajstić information content (AvgIpc) is 2.58. The molecule has 0 aromatic carbocycles. The maximum atomic E-state index is 12.2. The molecule has 90 valence electrons. The normalized spacial score (nSPS) is 30.3. The predicted molar refractivity (Wildman–Crippen MR) is 60.4 cm³/mol. The van der Waals surface area contributed by atoms with E-state index in [-0.39, 0.29) is 23.4 Å². The Balaban J connectivity index is 2.13. The summed E-state index contributed by atoms with van der Waals surface area (Å²) in [6.45, 7) is 6.97. The van der Waals surface area contributed by atoms with Crippen LogP contribution in [0.2, 0.25) is 0 Å². The first kappa shape index (κ1) is 11.4. The number of amides is 2. The van der Waals surface area contributed by atoms with Crippen LogP contribution in [0.15, 0.2) is 0 Å². The number of nitrogens with zero attached hydrogens (tertiary/aromatic N) is 1. The van der Waals surface area contributed by atoms with Crippen LogP contribution in [0.5, 0.6) is 0 Å². The molecule has 2 saturated heterocycles. The number of carbonyl (C=O) groups is 2. The molecule has 0 aromatic rings. The molecule has 0 radical (unpaired) electrons. The molecular formula is C12H20N2O2. The Morgan fingerprint density at radius 1 is 1.38 bits per heavy atom. The van der Waals surface area contributed by atoms with Crippen LogP contribution in [-0.2, 0) is 9.59 Å². The first-order chi connectivity index (χ1) is 7.38. The van der Waals surface area contributed by atoms with E-state index in [1.807, 2.05) is 4.90 Å². The van der Waals surface area contributed by atoms with Gasteiger partial charge in [-0.05, 0) is 24.7 Å². The van der Waals surface area contributed by atoms with Gasteiger partial charge >= 0.3 is 0 Å². The fourth-order valence-corrected chi connectivity index (χ4v) is 2.55. The summed E-state index contributed by atoms with van der Waals surface area (Å²) in [5, 5.41) is 2.95. The van der Waals surface area contributed by atoms with Crippen molar-refractivity contribution in [1.29, 1.82) is 0 Å². The van der Waals surface area contributed by atoms with Gasteiger partial charge in [-0.3, -0.25) is 9.59 Å². The molecule has 2 fully saturated rings. The lowest BCUT2D eigenvalue weighted by atomic mass is 9.83. The molecule has 0 bridgehead atoms. The highest BCUT2D eigenvalue weighted by molar-refractivity contribution is 6.02. The fourth-order valence-electron chi connectivity index (χ4n) is 2.55. The second kappa shape index (κ2) is 3.75. The Bertz CT molecular complexity index is 319. The third-order valence-electron chi connectivity index (χ3n) is 3.28. The van der Waals surface area contributed by atoms with E-state index >= 15 is 0 Å². The second-order valence-corrected chi connectivity index (χ2v) is 6.02. The number of carbonyl (C=O) groups excluding carboxylic acids is 2. The molecular weight excluding hydrogens is 204 g/mol. The Kier molecular flexibility index (Phi) is 2.68. The topological polar surface area (TPSA) is 49.4 Å². The van der Waals surface area contributed by atoms with Gasteiger partial charge in [0.25, 0.3) is 0 Å². The Morgan fingerprint density at radius 2 is 2.06 bits per heavy atom. The van der Waals surface area contributed by atoms with Gasteiger partial charge in [0.1, 0.15) is 12.1 Å². The molecule has 2 amide bonds. The summed E-state index contributed by atoms with van der Waals surface area (Å²) < 4.78 is 0. The van der Waals surface area contributed by atoms with Gasteiger partial charge in [-0.1, -0.05) is 20.8 Å². The fraction of sp³-hybridized carbons (Fsp3) is 0.833. The summed E-state index contributed by atoms with van der Waals surface area (Å²) in [5.74, 6) is -0.529. The first-order valence-corrected chi connectivity index (χ1v) is 5.99. The molecule has 0 spiro atoms. The molecule has 2 aliphatic rings. The molecule has 2 aliphatic heterocycles. The molecule has 2 rings (SSSR count). The summed E-state index contributed by atoms with van der Waals surface area (Å²) in [7, 11) is 0. The van der Waals surface area contributed by atoms with Crippen molar-refractivity contribution in [3.63, 3.8) is 0 Å². The molecule has 4 heteroatoms. The van der Waals surface area contributed by atoms with Crippen molar-refractivity contribution in [3.8, 4) is 0 Å². The van der Waals surface area contributed by atoms with E-state index < -0.39 is 5.92 Å². The van der Waals surface area contributed by atoms with Crippen molar-refractivity contribution < 1.29 is 9.59 Å². The van der Waals surface area contributed by atoms with Crippen molar-refractivity contribution in [2.75, 3.05) is 6.54 Å². The van der Waals surface area contributed by atoms with Crippen LogP contribution in [0.1, 0.15) is 40.0 Å². The van der Waals surface area contributed by atoms with Gasteiger partial charge in [0, 0.05) is 6.54 Å². The van der Waals surface area contributed by atoms with Crippen molar-refractivity contribution in [2.24, 2.45) is 11.3 Å². The second-order valence-electron chi connectivity index (χ2n) is 6.02. The zero-order valence-electron chi connectivity index (χ0n) is 10.2. The van der Waals surface area contributed by atoms with Crippen LogP contribution >= 0.6 is 0 Å². The van der Waals surface area contributed by atoms with Gasteiger partial charge in [0.05, 0.1) is 0 Å². The monoisotopic (exact) mass is 224 g/mol. The van der Waals surface area contributed by atoms with E-state index in [1.165, 1.54) is 0 Å². The van der Waals surface area contributed by atoms with Crippen LogP contribution in [-0.4, -0.2) is 29.4 Å². The quantitative estimate of drug-likeness (QED) is 0.678. The highest BCUT2D eigenvalue weighted by Crippen LogP contribution is 2.30. The molecule has 0 aromatic heterocycles. The van der Waals surface area contributed by atoms with E-state index in [9.17, 15) is 9.59 Å². The van der Waals surface area contributed by atoms with Gasteiger partial charge in [-0.25, -0.2) is 0 Å². The maximum Gasteiger partial charge on any atom is 0.236 e. The summed E-state index contributed by atoms with van der Waals surface area (Å²) >= 11 is 0. The number of hydrogen-bond donors (Lipinski definition) is 1. The predicted octanol–water partition coefficient (Wildman–Crippen LogP) is 1.12. The first-order valence-electron chi connectivity index (χ1n) is 5.99. The molecule has 1 N–H and O–H groups in total. The zero-order chi connectivity index (χ0) is 11.9. The molecule has 2 heterocycles. The molecule has 0 aliphatic carbocycles. The standard InChI is InChI=1S/C12H20N2O2/c1-12(2,3)7-8-10(15)13-9-5-4-6-14(9)11(8)16/h8-9H,4-7H2,1-3H3,(H,13,15). The number of rotatable bonds is 1. The lowest BCUT2D eigenvalue weighted by molar-refractivity contribution is -0.151. The minimum atomic E-state index is -0.477. The van der Waals surface area contributed by atoms with Gasteiger partial charge in [-0.2, -0.15) is 0 Å². The van der Waals surface area contributed by atoms with Crippen LogP contribution in [0.4, 0.5) is 0 Å². The van der Waals surface area contributed by atoms with Crippen molar-refractivity contribution in [1.82, 2.24) is 10.2 Å². The molecule has 2 atom stereocenters. The summed E-state index contributed by atoms with van der Waals surface area (Å²) in [5.41, 5.74) is 0.00419. The van der Waals surface area contributed by atoms with Gasteiger partial charge in [0.2, 0.25) is 11.8 Å². The summed E-state index contributed by atoms with van der Waals surface area (Å²) in [6, 6.07) is 0. The maximum absolute atomic E-state index is 12.2. The number of fused-ring (bicyclic) bond motifs is 1. The molecule has 2 unspecified atom stereocenters. The van der Waals surface area contributed by atoms with Crippen molar-refractivity contribution in [3.05, 3.63) is 0 Å². The molecule has 4 nitrogen and oxygen atoms in total. The Labute approximate surface area is 96.4 Å². The van der Waals surface area contributed by atoms with Gasteiger partial charge < -0.3 is 10.2 Å². The van der Waals surface area contributed by atoms with E-state index in [2.05, 4.69) is 26.1 Å². The van der Waals surface area contributed by atoms with Gasteiger partial charge in [-0.15, -0.1) is 0 Å². The number of hydrogen-bond acceptors (Lipinski definition) is 2. The van der Waals surface area contributed by atoms with Crippen LogP contribution in [0.25, 0.3) is 0 Å². The van der Waals surface area contributed by atoms with Crippen LogP contribution < -0.4 is 5.32 Å². The van der Waals surface area contributed by atoms with Gasteiger partial charge in [0.15, 0.2) is 0 Å². The third-order valence-corrected chi connectivity index (χ3v) is 3.28. The average molecular weight is 224 g/mol. The smallest absolute Gasteiger partial charge is 0.236 e. The van der Waals surface area contributed by atoms with Crippen LogP contribution in [0.3, 0.4) is 0 Å². The van der Waals surface area contributed by atoms with Crippen molar-refractivity contribution >= 4 is 11.8 Å². The third kappa shape index (κ3) is 2.06. The van der Waals surface area contributed by atoms with Crippen molar-refractivity contribution in [2.45, 2.75) is 46.2 Å². The summed E-state index contributed by atoms with van der Waals surface area (Å²) in [4.78, 5) is 25.9. The minimum absolute atomic E-state index is 0.00419. The van der Waals surface area contributed by atoms with Crippen LogP contribution in [0, 0.1) is 11.3 Å². The summed E-state index contributed by atoms with van der Waals surface area (Å²) in [6.07, 6.45) is 2.50. The lowest BCUT2D eigenvalue weighted by Gasteiger charge is -2.36. The van der Waals surface area contributed by atoms with E-state index in [1.54, 1.807) is 0 Å². The zero-order valence-corrected chi connectivity index (χ0v) is 10.2. The highest BCUT2D eigenvalue weighted by Gasteiger charge is 2.43. The van der Waals surface area contributed by atoms with E-state index in [4.69, 9.17) is 0 Å². The SMILES string of the molecule is CC(C)(C)CC1C(=O)NC2CCCN2C1=O. The highest BCUT2D eigenvalue weighted by atomic mass is 16.2. The largest absolute Gasteiger partial charge is 0.335 e.